The number of anilines is 1. The van der Waals surface area contributed by atoms with Crippen LogP contribution in [0.2, 0.25) is 0 Å². The Morgan fingerprint density at radius 1 is 1.33 bits per heavy atom. The molecule has 0 radical (unpaired) electrons. The van der Waals surface area contributed by atoms with Crippen LogP contribution in [0.25, 0.3) is 0 Å². The molecule has 2 aliphatic rings. The average molecular weight is 324 g/mol. The second-order valence-corrected chi connectivity index (χ2v) is 6.64. The maximum atomic E-state index is 8.78. The van der Waals surface area contributed by atoms with Crippen LogP contribution in [0.4, 0.5) is 5.82 Å². The van der Waals surface area contributed by atoms with Gasteiger partial charge in [0, 0.05) is 25.2 Å². The molecule has 0 amide bonds. The number of hydrogen-bond donors (Lipinski definition) is 1. The number of rotatable bonds is 6. The maximum absolute atomic E-state index is 8.78. The molecular weight excluding hydrogens is 304 g/mol. The summed E-state index contributed by atoms with van der Waals surface area (Å²) in [5.74, 6) is 3.55. The first-order valence-electron chi connectivity index (χ1n) is 8.45. The Labute approximate surface area is 140 Å². The molecule has 1 aliphatic carbocycles. The van der Waals surface area contributed by atoms with Crippen LogP contribution in [0.5, 0.6) is 0 Å². The molecule has 4 rings (SSSR count). The highest BCUT2D eigenvalue weighted by Gasteiger charge is 2.30. The first kappa shape index (κ1) is 15.1. The van der Waals surface area contributed by atoms with E-state index in [9.17, 15) is 0 Å². The van der Waals surface area contributed by atoms with Crippen LogP contribution < -0.4 is 5.32 Å². The van der Waals surface area contributed by atoms with Crippen molar-refractivity contribution in [2.24, 2.45) is 5.92 Å². The standard InChI is InChI=1S/C17H20N6O/c18-7-12-1-4-15(19-8-12)20-9-13-5-6-23(10-13)11-16-21-17(22-24-16)14-2-3-14/h1,4,8,13-14H,2-3,5-6,9-11H2,(H,19,20)/t13-/m0/s1. The molecule has 0 aromatic carbocycles. The molecule has 0 unspecified atom stereocenters. The highest BCUT2D eigenvalue weighted by atomic mass is 16.5. The van der Waals surface area contributed by atoms with Gasteiger partial charge in [0.2, 0.25) is 5.89 Å². The lowest BCUT2D eigenvalue weighted by molar-refractivity contribution is 0.261. The van der Waals surface area contributed by atoms with E-state index in [1.165, 1.54) is 12.8 Å². The molecule has 1 saturated carbocycles. The van der Waals surface area contributed by atoms with E-state index in [2.05, 4.69) is 31.4 Å². The van der Waals surface area contributed by atoms with E-state index in [0.29, 0.717) is 17.4 Å². The van der Waals surface area contributed by atoms with Gasteiger partial charge in [0.25, 0.3) is 0 Å². The van der Waals surface area contributed by atoms with Crippen molar-refractivity contribution in [1.29, 1.82) is 5.26 Å². The minimum atomic E-state index is 0.540. The third-order valence-corrected chi connectivity index (χ3v) is 4.62. The molecule has 2 fully saturated rings. The fourth-order valence-electron chi connectivity index (χ4n) is 3.07. The van der Waals surface area contributed by atoms with Gasteiger partial charge >= 0.3 is 0 Å². The lowest BCUT2D eigenvalue weighted by Crippen LogP contribution is -2.23. The van der Waals surface area contributed by atoms with Crippen molar-refractivity contribution >= 4 is 5.82 Å². The quantitative estimate of drug-likeness (QED) is 0.870. The fourth-order valence-corrected chi connectivity index (χ4v) is 3.07. The number of hydrogen-bond acceptors (Lipinski definition) is 7. The number of nitriles is 1. The molecule has 124 valence electrons. The van der Waals surface area contributed by atoms with E-state index in [0.717, 1.165) is 50.1 Å². The highest BCUT2D eigenvalue weighted by molar-refractivity contribution is 5.38. The topological polar surface area (TPSA) is 90.9 Å². The molecule has 3 heterocycles. The van der Waals surface area contributed by atoms with Gasteiger partial charge in [-0.3, -0.25) is 4.90 Å². The molecule has 7 heteroatoms. The number of pyridine rings is 1. The van der Waals surface area contributed by atoms with Gasteiger partial charge in [-0.2, -0.15) is 10.2 Å². The van der Waals surface area contributed by atoms with Gasteiger partial charge < -0.3 is 9.84 Å². The summed E-state index contributed by atoms with van der Waals surface area (Å²) < 4.78 is 5.36. The Hall–Kier alpha value is -2.46. The summed E-state index contributed by atoms with van der Waals surface area (Å²) in [5, 5.41) is 16.2. The van der Waals surface area contributed by atoms with Crippen molar-refractivity contribution in [1.82, 2.24) is 20.0 Å². The maximum Gasteiger partial charge on any atom is 0.240 e. The van der Waals surface area contributed by atoms with Gasteiger partial charge in [-0.25, -0.2) is 4.98 Å². The zero-order valence-electron chi connectivity index (χ0n) is 13.5. The smallest absolute Gasteiger partial charge is 0.240 e. The summed E-state index contributed by atoms with van der Waals surface area (Å²) in [6.45, 7) is 3.69. The normalized spacial score (nSPS) is 20.9. The molecular formula is C17H20N6O. The van der Waals surface area contributed by atoms with Crippen LogP contribution >= 0.6 is 0 Å². The van der Waals surface area contributed by atoms with E-state index in [4.69, 9.17) is 9.78 Å². The van der Waals surface area contributed by atoms with Gasteiger partial charge in [0.1, 0.15) is 11.9 Å². The van der Waals surface area contributed by atoms with Gasteiger partial charge in [0.15, 0.2) is 5.82 Å². The van der Waals surface area contributed by atoms with E-state index in [-0.39, 0.29) is 0 Å². The zero-order valence-corrected chi connectivity index (χ0v) is 13.5. The number of aromatic nitrogens is 3. The first-order valence-corrected chi connectivity index (χ1v) is 8.45. The van der Waals surface area contributed by atoms with E-state index < -0.39 is 0 Å². The Morgan fingerprint density at radius 3 is 3.00 bits per heavy atom. The van der Waals surface area contributed by atoms with Crippen LogP contribution in [0.3, 0.4) is 0 Å². The predicted octanol–water partition coefficient (Wildman–Crippen LogP) is 2.15. The predicted molar refractivity (Wildman–Crippen MR) is 87.1 cm³/mol. The number of nitrogens with one attached hydrogen (secondary N) is 1. The Morgan fingerprint density at radius 2 is 2.25 bits per heavy atom. The van der Waals surface area contributed by atoms with Crippen molar-refractivity contribution in [3.63, 3.8) is 0 Å². The fraction of sp³-hybridized carbons (Fsp3) is 0.529. The van der Waals surface area contributed by atoms with Crippen LogP contribution in [-0.4, -0.2) is 39.7 Å². The van der Waals surface area contributed by atoms with E-state index >= 15 is 0 Å². The van der Waals surface area contributed by atoms with Gasteiger partial charge in [-0.05, 0) is 43.9 Å². The summed E-state index contributed by atoms with van der Waals surface area (Å²) in [4.78, 5) is 11.1. The van der Waals surface area contributed by atoms with Gasteiger partial charge in [0.05, 0.1) is 12.1 Å². The molecule has 2 aromatic heterocycles. The molecule has 1 aliphatic heterocycles. The van der Waals surface area contributed by atoms with Gasteiger partial charge in [-0.15, -0.1) is 0 Å². The van der Waals surface area contributed by atoms with Crippen LogP contribution in [-0.2, 0) is 6.54 Å². The molecule has 1 atom stereocenters. The van der Waals surface area contributed by atoms with Crippen molar-refractivity contribution in [2.75, 3.05) is 25.0 Å². The van der Waals surface area contributed by atoms with Crippen molar-refractivity contribution in [3.8, 4) is 6.07 Å². The van der Waals surface area contributed by atoms with Crippen LogP contribution in [0.15, 0.2) is 22.9 Å². The molecule has 0 bridgehead atoms. The molecule has 1 N–H and O–H groups in total. The lowest BCUT2D eigenvalue weighted by atomic mass is 10.1. The molecule has 7 nitrogen and oxygen atoms in total. The lowest BCUT2D eigenvalue weighted by Gasteiger charge is -2.14. The first-order chi connectivity index (χ1) is 11.8. The second kappa shape index (κ2) is 6.57. The number of nitrogens with zero attached hydrogens (tertiary/aromatic N) is 5. The SMILES string of the molecule is N#Cc1ccc(NC[C@@H]2CCN(Cc3nc(C4CC4)no3)C2)nc1. The van der Waals surface area contributed by atoms with E-state index in [1.807, 2.05) is 6.07 Å². The molecule has 0 spiro atoms. The third kappa shape index (κ3) is 3.54. The van der Waals surface area contributed by atoms with Crippen LogP contribution in [0.1, 0.15) is 42.5 Å². The van der Waals surface area contributed by atoms with Crippen LogP contribution in [0, 0.1) is 17.2 Å². The molecule has 2 aromatic rings. The van der Waals surface area contributed by atoms with Gasteiger partial charge in [-0.1, -0.05) is 5.16 Å². The van der Waals surface area contributed by atoms with E-state index in [1.54, 1.807) is 12.3 Å². The molecule has 24 heavy (non-hydrogen) atoms. The summed E-state index contributed by atoms with van der Waals surface area (Å²) in [5.41, 5.74) is 0.581. The summed E-state index contributed by atoms with van der Waals surface area (Å²) >= 11 is 0. The Bertz CT molecular complexity index is 730. The largest absolute Gasteiger partial charge is 0.370 e. The minimum Gasteiger partial charge on any atom is -0.370 e. The monoisotopic (exact) mass is 324 g/mol. The summed E-state index contributed by atoms with van der Waals surface area (Å²) in [7, 11) is 0. The van der Waals surface area contributed by atoms with Crippen molar-refractivity contribution in [2.45, 2.75) is 31.7 Å². The van der Waals surface area contributed by atoms with Crippen molar-refractivity contribution < 1.29 is 4.52 Å². The molecule has 1 saturated heterocycles. The van der Waals surface area contributed by atoms with Crippen molar-refractivity contribution in [3.05, 3.63) is 35.6 Å². The zero-order chi connectivity index (χ0) is 16.4. The average Bonchev–Trinajstić information content (AvgIpc) is 3.20. The minimum absolute atomic E-state index is 0.540. The summed E-state index contributed by atoms with van der Waals surface area (Å²) in [6.07, 6.45) is 5.13. The Balaban J connectivity index is 1.24. The summed E-state index contributed by atoms with van der Waals surface area (Å²) in [6, 6.07) is 5.71. The third-order valence-electron chi connectivity index (χ3n) is 4.62. The highest BCUT2D eigenvalue weighted by Crippen LogP contribution is 2.38. The number of likely N-dealkylation sites (tertiary alicyclic amines) is 1. The Kier molecular flexibility index (Phi) is 4.13. The second-order valence-electron chi connectivity index (χ2n) is 6.64.